The van der Waals surface area contributed by atoms with Crippen LogP contribution in [-0.4, -0.2) is 20.1 Å². The SMILES string of the molecule is CNc1cccc(C#CC(=O)OC)c1. The first kappa shape index (κ1) is 10.1. The van der Waals surface area contributed by atoms with Crippen LogP contribution < -0.4 is 5.32 Å². The van der Waals surface area contributed by atoms with Crippen LogP contribution >= 0.6 is 0 Å². The van der Waals surface area contributed by atoms with Crippen molar-refractivity contribution in [2.45, 2.75) is 0 Å². The summed E-state index contributed by atoms with van der Waals surface area (Å²) in [6, 6.07) is 7.48. The van der Waals surface area contributed by atoms with Crippen LogP contribution in [0.3, 0.4) is 0 Å². The van der Waals surface area contributed by atoms with E-state index >= 15 is 0 Å². The van der Waals surface area contributed by atoms with Crippen LogP contribution in [0.2, 0.25) is 0 Å². The topological polar surface area (TPSA) is 38.3 Å². The van der Waals surface area contributed by atoms with E-state index in [2.05, 4.69) is 21.9 Å². The van der Waals surface area contributed by atoms with Gasteiger partial charge in [-0.1, -0.05) is 12.0 Å². The van der Waals surface area contributed by atoms with E-state index in [0.29, 0.717) is 0 Å². The molecular weight excluding hydrogens is 178 g/mol. The third-order valence-corrected chi connectivity index (χ3v) is 1.65. The Morgan fingerprint density at radius 2 is 2.29 bits per heavy atom. The van der Waals surface area contributed by atoms with Crippen molar-refractivity contribution in [3.63, 3.8) is 0 Å². The minimum absolute atomic E-state index is 0.528. The highest BCUT2D eigenvalue weighted by molar-refractivity contribution is 5.89. The van der Waals surface area contributed by atoms with Gasteiger partial charge in [-0.2, -0.15) is 0 Å². The van der Waals surface area contributed by atoms with Crippen LogP contribution in [0.5, 0.6) is 0 Å². The fourth-order valence-corrected chi connectivity index (χ4v) is 0.927. The molecule has 0 aromatic heterocycles. The number of nitrogens with one attached hydrogen (secondary N) is 1. The van der Waals surface area contributed by atoms with Gasteiger partial charge in [-0.3, -0.25) is 0 Å². The predicted octanol–water partition coefficient (Wildman–Crippen LogP) is 1.25. The first-order valence-electron chi connectivity index (χ1n) is 4.14. The van der Waals surface area contributed by atoms with E-state index < -0.39 is 5.97 Å². The Morgan fingerprint density at radius 1 is 1.50 bits per heavy atom. The lowest BCUT2D eigenvalue weighted by Gasteiger charge is -1.98. The lowest BCUT2D eigenvalue weighted by molar-refractivity contribution is -0.133. The average molecular weight is 189 g/mol. The second-order valence-corrected chi connectivity index (χ2v) is 2.57. The Balaban J connectivity index is 2.84. The molecule has 0 bridgehead atoms. The molecule has 0 saturated carbocycles. The molecular formula is C11H11NO2. The molecule has 0 saturated heterocycles. The van der Waals surface area contributed by atoms with E-state index in [0.717, 1.165) is 11.3 Å². The maximum Gasteiger partial charge on any atom is 0.384 e. The molecule has 0 amide bonds. The van der Waals surface area contributed by atoms with Crippen LogP contribution in [0.4, 0.5) is 5.69 Å². The molecule has 0 atom stereocenters. The fraction of sp³-hybridized carbons (Fsp3) is 0.182. The smallest absolute Gasteiger partial charge is 0.384 e. The van der Waals surface area contributed by atoms with Crippen molar-refractivity contribution in [2.24, 2.45) is 0 Å². The van der Waals surface area contributed by atoms with Gasteiger partial charge in [-0.05, 0) is 18.2 Å². The highest BCUT2D eigenvalue weighted by atomic mass is 16.5. The Morgan fingerprint density at radius 3 is 2.93 bits per heavy atom. The summed E-state index contributed by atoms with van der Waals surface area (Å²) in [6.07, 6.45) is 0. The van der Waals surface area contributed by atoms with Gasteiger partial charge in [0.15, 0.2) is 0 Å². The molecule has 3 heteroatoms. The summed E-state index contributed by atoms with van der Waals surface area (Å²) in [4.78, 5) is 10.7. The average Bonchev–Trinajstić information content (AvgIpc) is 2.26. The molecule has 1 rings (SSSR count). The number of anilines is 1. The number of ether oxygens (including phenoxy) is 1. The summed E-state index contributed by atoms with van der Waals surface area (Å²) in [6.45, 7) is 0. The minimum atomic E-state index is -0.528. The van der Waals surface area contributed by atoms with Crippen LogP contribution in [0.1, 0.15) is 5.56 Å². The van der Waals surface area contributed by atoms with Gasteiger partial charge in [0.05, 0.1) is 7.11 Å². The van der Waals surface area contributed by atoms with Gasteiger partial charge in [-0.25, -0.2) is 4.79 Å². The van der Waals surface area contributed by atoms with E-state index in [-0.39, 0.29) is 0 Å². The molecule has 0 radical (unpaired) electrons. The molecule has 0 fully saturated rings. The van der Waals surface area contributed by atoms with Gasteiger partial charge in [0, 0.05) is 24.2 Å². The second-order valence-electron chi connectivity index (χ2n) is 2.57. The third-order valence-electron chi connectivity index (χ3n) is 1.65. The maximum absolute atomic E-state index is 10.7. The van der Waals surface area contributed by atoms with Crippen LogP contribution in [-0.2, 0) is 9.53 Å². The van der Waals surface area contributed by atoms with Gasteiger partial charge in [0.1, 0.15) is 0 Å². The fourth-order valence-electron chi connectivity index (χ4n) is 0.927. The van der Waals surface area contributed by atoms with Gasteiger partial charge in [0.2, 0.25) is 0 Å². The number of carbonyl (C=O) groups excluding carboxylic acids is 1. The number of rotatable bonds is 1. The summed E-state index contributed by atoms with van der Waals surface area (Å²) in [5.41, 5.74) is 1.74. The lowest BCUT2D eigenvalue weighted by atomic mass is 10.2. The van der Waals surface area contributed by atoms with Crippen molar-refractivity contribution in [2.75, 3.05) is 19.5 Å². The van der Waals surface area contributed by atoms with Gasteiger partial charge < -0.3 is 10.1 Å². The maximum atomic E-state index is 10.7. The van der Waals surface area contributed by atoms with E-state index in [1.165, 1.54) is 7.11 Å². The zero-order chi connectivity index (χ0) is 10.4. The van der Waals surface area contributed by atoms with Crippen LogP contribution in [0.15, 0.2) is 24.3 Å². The predicted molar refractivity (Wildman–Crippen MR) is 54.9 cm³/mol. The summed E-state index contributed by atoms with van der Waals surface area (Å²) in [5.74, 6) is 4.54. The van der Waals surface area contributed by atoms with Gasteiger partial charge >= 0.3 is 5.97 Å². The number of hydrogen-bond acceptors (Lipinski definition) is 3. The normalized spacial score (nSPS) is 8.43. The van der Waals surface area contributed by atoms with Crippen molar-refractivity contribution in [1.82, 2.24) is 0 Å². The summed E-state index contributed by atoms with van der Waals surface area (Å²) in [5, 5.41) is 2.99. The van der Waals surface area contributed by atoms with E-state index in [1.54, 1.807) is 0 Å². The lowest BCUT2D eigenvalue weighted by Crippen LogP contribution is -1.94. The van der Waals surface area contributed by atoms with Crippen molar-refractivity contribution < 1.29 is 9.53 Å². The summed E-state index contributed by atoms with van der Waals surface area (Å²) >= 11 is 0. The molecule has 1 aromatic rings. The van der Waals surface area contributed by atoms with Gasteiger partial charge in [0.25, 0.3) is 0 Å². The minimum Gasteiger partial charge on any atom is -0.459 e. The van der Waals surface area contributed by atoms with Crippen LogP contribution in [0, 0.1) is 11.8 Å². The first-order valence-corrected chi connectivity index (χ1v) is 4.14. The number of esters is 1. The number of methoxy groups -OCH3 is 1. The van der Waals surface area contributed by atoms with Crippen molar-refractivity contribution in [3.05, 3.63) is 29.8 Å². The van der Waals surface area contributed by atoms with Crippen LogP contribution in [0.25, 0.3) is 0 Å². The molecule has 0 aliphatic heterocycles. The second kappa shape index (κ2) is 4.93. The number of hydrogen-bond donors (Lipinski definition) is 1. The van der Waals surface area contributed by atoms with E-state index in [1.807, 2.05) is 31.3 Å². The van der Waals surface area contributed by atoms with Crippen molar-refractivity contribution in [1.29, 1.82) is 0 Å². The summed E-state index contributed by atoms with van der Waals surface area (Å²) in [7, 11) is 3.13. The van der Waals surface area contributed by atoms with E-state index in [4.69, 9.17) is 0 Å². The molecule has 0 aliphatic rings. The molecule has 0 spiro atoms. The monoisotopic (exact) mass is 189 g/mol. The Bertz CT molecular complexity index is 388. The molecule has 0 aliphatic carbocycles. The molecule has 0 unspecified atom stereocenters. The molecule has 14 heavy (non-hydrogen) atoms. The Kier molecular flexibility index (Phi) is 3.57. The molecule has 72 valence electrons. The van der Waals surface area contributed by atoms with Gasteiger partial charge in [-0.15, -0.1) is 0 Å². The zero-order valence-electron chi connectivity index (χ0n) is 8.13. The molecule has 0 heterocycles. The standard InChI is InChI=1S/C11H11NO2/c1-12-10-5-3-4-9(8-10)6-7-11(13)14-2/h3-5,8,12H,1-2H3. The summed E-state index contributed by atoms with van der Waals surface area (Å²) < 4.78 is 4.40. The van der Waals surface area contributed by atoms with E-state index in [9.17, 15) is 4.79 Å². The number of carbonyl (C=O) groups is 1. The molecule has 1 aromatic carbocycles. The Hall–Kier alpha value is -1.95. The quantitative estimate of drug-likeness (QED) is 0.533. The molecule has 1 N–H and O–H groups in total. The zero-order valence-corrected chi connectivity index (χ0v) is 8.13. The highest BCUT2D eigenvalue weighted by Gasteiger charge is 1.92. The first-order chi connectivity index (χ1) is 6.76. The Labute approximate surface area is 83.1 Å². The highest BCUT2D eigenvalue weighted by Crippen LogP contribution is 2.07. The van der Waals surface area contributed by atoms with Crippen molar-refractivity contribution in [3.8, 4) is 11.8 Å². The molecule has 3 nitrogen and oxygen atoms in total. The largest absolute Gasteiger partial charge is 0.459 e. The van der Waals surface area contributed by atoms with Crippen molar-refractivity contribution >= 4 is 11.7 Å². The third kappa shape index (κ3) is 2.83. The number of benzene rings is 1.